The van der Waals surface area contributed by atoms with Gasteiger partial charge < -0.3 is 5.73 Å². The van der Waals surface area contributed by atoms with Crippen molar-refractivity contribution in [2.24, 2.45) is 17.1 Å². The van der Waals surface area contributed by atoms with Gasteiger partial charge in [0.25, 0.3) is 0 Å². The third kappa shape index (κ3) is 3.10. The van der Waals surface area contributed by atoms with Gasteiger partial charge in [-0.3, -0.25) is 4.79 Å². The normalized spacial score (nSPS) is 26.8. The lowest BCUT2D eigenvalue weighted by atomic mass is 9.54. The largest absolute Gasteiger partial charge is 0.369 e. The van der Waals surface area contributed by atoms with Crippen LogP contribution < -0.4 is 5.73 Å². The molecule has 0 spiro atoms. The summed E-state index contributed by atoms with van der Waals surface area (Å²) in [6.45, 7) is 6.73. The fourth-order valence-electron chi connectivity index (χ4n) is 3.87. The van der Waals surface area contributed by atoms with Crippen LogP contribution in [0.4, 0.5) is 0 Å². The van der Waals surface area contributed by atoms with Gasteiger partial charge in [-0.25, -0.2) is 0 Å². The van der Waals surface area contributed by atoms with E-state index in [0.717, 1.165) is 31.2 Å². The number of carbonyl (C=O) groups excluding carboxylic acids is 1. The molecule has 0 fully saturated rings. The Bertz CT molecular complexity index is 561. The first-order valence-electron chi connectivity index (χ1n) is 8.08. The zero-order valence-electron chi connectivity index (χ0n) is 13.7. The van der Waals surface area contributed by atoms with E-state index in [1.165, 1.54) is 3.57 Å². The van der Waals surface area contributed by atoms with Crippen molar-refractivity contribution in [2.75, 3.05) is 0 Å². The maximum absolute atomic E-state index is 12.6. The van der Waals surface area contributed by atoms with Gasteiger partial charge in [-0.15, -0.1) is 0 Å². The van der Waals surface area contributed by atoms with Crippen molar-refractivity contribution >= 4 is 28.5 Å². The lowest BCUT2D eigenvalue weighted by Gasteiger charge is -2.48. The van der Waals surface area contributed by atoms with Crippen LogP contribution in [0.2, 0.25) is 0 Å². The molecule has 2 nitrogen and oxygen atoms in total. The van der Waals surface area contributed by atoms with Crippen molar-refractivity contribution in [3.05, 3.63) is 45.6 Å². The number of unbranched alkanes of at least 4 members (excludes halogenated alkanes) is 1. The molecular weight excluding hydrogens is 385 g/mol. The summed E-state index contributed by atoms with van der Waals surface area (Å²) in [5.74, 6) is 0.0151. The number of hydrogen-bond acceptors (Lipinski definition) is 1. The minimum atomic E-state index is -0.679. The molecule has 1 aromatic rings. The quantitative estimate of drug-likeness (QED) is 0.549. The Morgan fingerprint density at radius 2 is 1.95 bits per heavy atom. The van der Waals surface area contributed by atoms with Gasteiger partial charge in [-0.1, -0.05) is 57.9 Å². The third-order valence-electron chi connectivity index (χ3n) is 5.09. The zero-order valence-corrected chi connectivity index (χ0v) is 15.9. The number of rotatable bonds is 5. The highest BCUT2D eigenvalue weighted by Crippen LogP contribution is 2.51. The van der Waals surface area contributed by atoms with Crippen molar-refractivity contribution in [2.45, 2.75) is 51.9 Å². The second kappa shape index (κ2) is 6.73. The highest BCUT2D eigenvalue weighted by Gasteiger charge is 2.51. The number of hydrogen-bond donors (Lipinski definition) is 1. The van der Waals surface area contributed by atoms with Crippen LogP contribution >= 0.6 is 22.6 Å². The van der Waals surface area contributed by atoms with Crippen LogP contribution in [0.5, 0.6) is 0 Å². The molecule has 0 saturated heterocycles. The number of allylic oxidation sites excluding steroid dienone is 1. The Labute approximate surface area is 147 Å². The molecule has 0 aromatic heterocycles. The molecule has 0 aliphatic heterocycles. The maximum Gasteiger partial charge on any atom is 0.232 e. The first-order chi connectivity index (χ1) is 10.3. The van der Waals surface area contributed by atoms with Crippen LogP contribution in [-0.2, 0) is 10.2 Å². The van der Waals surface area contributed by atoms with Crippen LogP contribution in [-0.4, -0.2) is 5.91 Å². The maximum atomic E-state index is 12.6. The molecule has 0 radical (unpaired) electrons. The van der Waals surface area contributed by atoms with Gasteiger partial charge >= 0.3 is 0 Å². The van der Waals surface area contributed by atoms with Crippen LogP contribution in [0.15, 0.2) is 36.4 Å². The molecule has 3 heteroatoms. The zero-order chi connectivity index (χ0) is 16.4. The number of carbonyl (C=O) groups is 1. The topological polar surface area (TPSA) is 43.1 Å². The molecule has 0 saturated carbocycles. The van der Waals surface area contributed by atoms with Gasteiger partial charge in [0.15, 0.2) is 0 Å². The van der Waals surface area contributed by atoms with Crippen LogP contribution in [0.3, 0.4) is 0 Å². The molecule has 2 N–H and O–H groups in total. The fourth-order valence-corrected chi connectivity index (χ4v) is 4.23. The summed E-state index contributed by atoms with van der Waals surface area (Å²) in [6.07, 6.45) is 8.51. The summed E-state index contributed by atoms with van der Waals surface area (Å²) in [4.78, 5) is 12.6. The summed E-state index contributed by atoms with van der Waals surface area (Å²) >= 11 is 2.29. The first kappa shape index (κ1) is 17.5. The molecule has 0 bridgehead atoms. The Kier molecular flexibility index (Phi) is 5.36. The van der Waals surface area contributed by atoms with E-state index >= 15 is 0 Å². The number of amides is 1. The van der Waals surface area contributed by atoms with Gasteiger partial charge in [-0.2, -0.15) is 0 Å². The Morgan fingerprint density at radius 3 is 2.50 bits per heavy atom. The molecule has 1 aliphatic carbocycles. The number of benzene rings is 1. The van der Waals surface area contributed by atoms with Gasteiger partial charge in [-0.05, 0) is 64.5 Å². The van der Waals surface area contributed by atoms with Gasteiger partial charge in [0, 0.05) is 3.57 Å². The van der Waals surface area contributed by atoms with E-state index in [-0.39, 0.29) is 17.2 Å². The fraction of sp³-hybridized carbons (Fsp3) is 0.526. The van der Waals surface area contributed by atoms with E-state index in [0.29, 0.717) is 0 Å². The summed E-state index contributed by atoms with van der Waals surface area (Å²) in [7, 11) is 0. The van der Waals surface area contributed by atoms with Gasteiger partial charge in [0.05, 0.1) is 5.41 Å². The van der Waals surface area contributed by atoms with Gasteiger partial charge in [0.2, 0.25) is 5.91 Å². The number of nitrogens with two attached hydrogens (primary N) is 1. The molecule has 1 aromatic carbocycles. The van der Waals surface area contributed by atoms with Crippen molar-refractivity contribution in [3.8, 4) is 0 Å². The molecular formula is C19H26INO. The highest BCUT2D eigenvalue weighted by atomic mass is 127. The van der Waals surface area contributed by atoms with Crippen molar-refractivity contribution in [1.29, 1.82) is 0 Å². The first-order valence-corrected chi connectivity index (χ1v) is 9.16. The highest BCUT2D eigenvalue weighted by molar-refractivity contribution is 14.1. The summed E-state index contributed by atoms with van der Waals surface area (Å²) in [6, 6.07) is 8.26. The average molecular weight is 411 g/mol. The smallest absolute Gasteiger partial charge is 0.232 e. The monoisotopic (exact) mass is 411 g/mol. The second-order valence-corrected chi connectivity index (χ2v) is 8.28. The van der Waals surface area contributed by atoms with E-state index in [1.807, 2.05) is 0 Å². The Morgan fingerprint density at radius 1 is 1.32 bits per heavy atom. The minimum absolute atomic E-state index is 0.0714. The second-order valence-electron chi connectivity index (χ2n) is 7.03. The average Bonchev–Trinajstić information content (AvgIpc) is 2.45. The minimum Gasteiger partial charge on any atom is -0.369 e. The number of primary amides is 1. The predicted molar refractivity (Wildman–Crippen MR) is 101 cm³/mol. The van der Waals surface area contributed by atoms with Crippen molar-refractivity contribution in [1.82, 2.24) is 0 Å². The van der Waals surface area contributed by atoms with E-state index in [9.17, 15) is 4.79 Å². The molecule has 120 valence electrons. The molecule has 1 amide bonds. The lowest BCUT2D eigenvalue weighted by Crippen LogP contribution is -2.52. The Hall–Kier alpha value is -0.840. The summed E-state index contributed by atoms with van der Waals surface area (Å²) in [5.41, 5.74) is 6.39. The number of halogens is 1. The van der Waals surface area contributed by atoms with Crippen LogP contribution in [0.25, 0.3) is 0 Å². The lowest BCUT2D eigenvalue weighted by molar-refractivity contribution is -0.126. The van der Waals surface area contributed by atoms with Crippen LogP contribution in [0, 0.1) is 14.9 Å². The molecule has 22 heavy (non-hydrogen) atoms. The molecule has 2 rings (SSSR count). The SMILES string of the molecule is CCCCC1C(C)(C)CC=CC1(C(N)=O)c1ccc(I)cc1. The Balaban J connectivity index is 2.58. The molecule has 1 aliphatic rings. The molecule has 2 unspecified atom stereocenters. The van der Waals surface area contributed by atoms with E-state index in [4.69, 9.17) is 5.73 Å². The third-order valence-corrected chi connectivity index (χ3v) is 5.81. The van der Waals surface area contributed by atoms with Crippen molar-refractivity contribution in [3.63, 3.8) is 0 Å². The van der Waals surface area contributed by atoms with Gasteiger partial charge in [0.1, 0.15) is 0 Å². The molecule has 0 heterocycles. The van der Waals surface area contributed by atoms with Crippen LogP contribution in [0.1, 0.15) is 52.0 Å². The van der Waals surface area contributed by atoms with E-state index in [2.05, 4.69) is 79.8 Å². The summed E-state index contributed by atoms with van der Waals surface area (Å²) < 4.78 is 1.17. The van der Waals surface area contributed by atoms with E-state index in [1.54, 1.807) is 0 Å². The molecule has 2 atom stereocenters. The summed E-state index contributed by atoms with van der Waals surface area (Å²) in [5, 5.41) is 0. The van der Waals surface area contributed by atoms with Crippen molar-refractivity contribution < 1.29 is 4.79 Å². The standard InChI is InChI=1S/C19H26INO/c1-4-5-7-16-18(2,3)12-6-13-19(16,17(21)22)14-8-10-15(20)11-9-14/h6,8-11,13,16H,4-5,7,12H2,1-3H3,(H2,21,22). The van der Waals surface area contributed by atoms with E-state index < -0.39 is 5.41 Å². The predicted octanol–water partition coefficient (Wildman–Crippen LogP) is 4.81.